The molecule has 2 rings (SSSR count). The molecule has 1 N–H and O–H groups in total. The number of hydrogen-bond acceptors (Lipinski definition) is 4. The van der Waals surface area contributed by atoms with Crippen LogP contribution in [-0.2, 0) is 10.9 Å². The lowest BCUT2D eigenvalue weighted by molar-refractivity contribution is -0.141. The van der Waals surface area contributed by atoms with E-state index in [9.17, 15) is 13.2 Å². The summed E-state index contributed by atoms with van der Waals surface area (Å²) in [5, 5.41) is 2.54. The Labute approximate surface area is 119 Å². The van der Waals surface area contributed by atoms with E-state index in [1.807, 2.05) is 13.8 Å². The van der Waals surface area contributed by atoms with Gasteiger partial charge in [-0.25, -0.2) is 9.97 Å². The molecule has 2 unspecified atom stereocenters. The molecule has 1 saturated carbocycles. The van der Waals surface area contributed by atoms with E-state index >= 15 is 0 Å². The first-order valence-corrected chi connectivity index (χ1v) is 6.43. The minimum atomic E-state index is -4.55. The lowest BCUT2D eigenvalue weighted by Crippen LogP contribution is -2.57. The summed E-state index contributed by atoms with van der Waals surface area (Å²) in [4.78, 5) is 6.98. The molecule has 0 radical (unpaired) electrons. The van der Waals surface area contributed by atoms with Crippen LogP contribution in [0.1, 0.15) is 26.0 Å². The van der Waals surface area contributed by atoms with Crippen molar-refractivity contribution in [2.75, 3.05) is 12.4 Å². The monoisotopic (exact) mass is 309 g/mol. The minimum absolute atomic E-state index is 0.0282. The molecule has 0 bridgehead atoms. The summed E-state index contributed by atoms with van der Waals surface area (Å²) < 4.78 is 43.3. The molecular formula is C12H15ClF3N3O. The van der Waals surface area contributed by atoms with E-state index in [1.165, 1.54) is 0 Å². The van der Waals surface area contributed by atoms with E-state index < -0.39 is 17.2 Å². The van der Waals surface area contributed by atoms with E-state index in [2.05, 4.69) is 15.3 Å². The number of anilines is 1. The summed E-state index contributed by atoms with van der Waals surface area (Å²) in [6, 6.07) is 0.835. The third-order valence-corrected chi connectivity index (χ3v) is 3.94. The molecule has 1 aromatic heterocycles. The van der Waals surface area contributed by atoms with Crippen molar-refractivity contribution in [3.05, 3.63) is 17.0 Å². The summed E-state index contributed by atoms with van der Waals surface area (Å²) in [5.74, 6) is 0.0740. The van der Waals surface area contributed by atoms with Gasteiger partial charge in [0.05, 0.1) is 6.10 Å². The quantitative estimate of drug-likeness (QED) is 0.870. The second-order valence-electron chi connectivity index (χ2n) is 5.38. The van der Waals surface area contributed by atoms with Gasteiger partial charge in [0.25, 0.3) is 0 Å². The number of nitrogens with zero attached hydrogens (tertiary/aromatic N) is 2. The summed E-state index contributed by atoms with van der Waals surface area (Å²) in [6.07, 6.45) is -3.78. The molecule has 0 saturated heterocycles. The molecule has 4 nitrogen and oxygen atoms in total. The largest absolute Gasteiger partial charge is 0.433 e. The van der Waals surface area contributed by atoms with Crippen LogP contribution in [0.4, 0.5) is 19.0 Å². The highest BCUT2D eigenvalue weighted by Crippen LogP contribution is 2.44. The number of rotatable bonds is 3. The third-order valence-electron chi connectivity index (χ3n) is 3.77. The number of methoxy groups -OCH3 is 1. The molecule has 1 heterocycles. The summed E-state index contributed by atoms with van der Waals surface area (Å²) in [5.41, 5.74) is -1.25. The van der Waals surface area contributed by atoms with Gasteiger partial charge in [-0.05, 0) is 18.0 Å². The Bertz CT molecular complexity index is 507. The normalized spacial score (nSPS) is 25.1. The van der Waals surface area contributed by atoms with Crippen molar-refractivity contribution in [1.29, 1.82) is 0 Å². The van der Waals surface area contributed by atoms with Gasteiger partial charge in [0.2, 0.25) is 5.28 Å². The van der Waals surface area contributed by atoms with Crippen LogP contribution >= 0.6 is 11.6 Å². The smallest absolute Gasteiger partial charge is 0.381 e. The first kappa shape index (κ1) is 15.3. The molecule has 1 aliphatic carbocycles. The molecule has 0 aromatic carbocycles. The van der Waals surface area contributed by atoms with E-state index in [0.717, 1.165) is 6.07 Å². The highest BCUT2D eigenvalue weighted by molar-refractivity contribution is 6.28. The molecule has 0 amide bonds. The predicted molar refractivity (Wildman–Crippen MR) is 68.6 cm³/mol. The van der Waals surface area contributed by atoms with Gasteiger partial charge in [0, 0.05) is 24.6 Å². The van der Waals surface area contributed by atoms with Gasteiger partial charge in [-0.15, -0.1) is 0 Å². The van der Waals surface area contributed by atoms with Crippen molar-refractivity contribution in [3.63, 3.8) is 0 Å². The number of hydrogen-bond donors (Lipinski definition) is 1. The Morgan fingerprint density at radius 1 is 1.40 bits per heavy atom. The number of halogens is 4. The average molecular weight is 310 g/mol. The van der Waals surface area contributed by atoms with Crippen LogP contribution in [0.3, 0.4) is 0 Å². The Balaban J connectivity index is 2.17. The lowest BCUT2D eigenvalue weighted by Gasteiger charge is -2.51. The van der Waals surface area contributed by atoms with Crippen LogP contribution in [-0.4, -0.2) is 29.2 Å². The molecule has 1 fully saturated rings. The Morgan fingerprint density at radius 2 is 2.05 bits per heavy atom. The molecule has 20 heavy (non-hydrogen) atoms. The maximum Gasteiger partial charge on any atom is 0.433 e. The SMILES string of the molecule is COC1CC(Nc2cc(C(F)(F)F)nc(Cl)n2)C1(C)C. The summed E-state index contributed by atoms with van der Waals surface area (Å²) in [7, 11) is 1.62. The Morgan fingerprint density at radius 3 is 2.55 bits per heavy atom. The summed E-state index contributed by atoms with van der Waals surface area (Å²) >= 11 is 5.54. The second-order valence-corrected chi connectivity index (χ2v) is 5.72. The van der Waals surface area contributed by atoms with E-state index in [1.54, 1.807) is 7.11 Å². The van der Waals surface area contributed by atoms with Crippen LogP contribution in [0.15, 0.2) is 6.07 Å². The van der Waals surface area contributed by atoms with Crippen molar-refractivity contribution in [1.82, 2.24) is 9.97 Å². The molecule has 112 valence electrons. The molecule has 1 aliphatic rings. The van der Waals surface area contributed by atoms with Crippen molar-refractivity contribution in [2.45, 2.75) is 38.6 Å². The maximum atomic E-state index is 12.7. The highest BCUT2D eigenvalue weighted by atomic mass is 35.5. The second kappa shape index (κ2) is 5.04. The van der Waals surface area contributed by atoms with Crippen molar-refractivity contribution < 1.29 is 17.9 Å². The number of nitrogens with one attached hydrogen (secondary N) is 1. The van der Waals surface area contributed by atoms with E-state index in [-0.39, 0.29) is 23.4 Å². The predicted octanol–water partition coefficient (Wildman–Crippen LogP) is 3.37. The summed E-state index contributed by atoms with van der Waals surface area (Å²) in [6.45, 7) is 3.96. The zero-order chi connectivity index (χ0) is 15.1. The third kappa shape index (κ3) is 2.83. The van der Waals surface area contributed by atoms with Crippen LogP contribution in [0.5, 0.6) is 0 Å². The van der Waals surface area contributed by atoms with E-state index in [0.29, 0.717) is 6.42 Å². The van der Waals surface area contributed by atoms with Crippen molar-refractivity contribution in [3.8, 4) is 0 Å². The zero-order valence-corrected chi connectivity index (χ0v) is 12.0. The first-order valence-electron chi connectivity index (χ1n) is 6.05. The standard InChI is InChI=1S/C12H15ClF3N3O/c1-11(2)6(4-8(11)20-3)17-9-5-7(12(14,15)16)18-10(13)19-9/h5-6,8H,4H2,1-3H3,(H,17,18,19). The van der Waals surface area contributed by atoms with Gasteiger partial charge in [0.1, 0.15) is 5.82 Å². The minimum Gasteiger partial charge on any atom is -0.381 e. The van der Waals surface area contributed by atoms with Gasteiger partial charge in [-0.1, -0.05) is 13.8 Å². The van der Waals surface area contributed by atoms with Gasteiger partial charge in [0.15, 0.2) is 5.69 Å². The van der Waals surface area contributed by atoms with Crippen molar-refractivity contribution in [2.24, 2.45) is 5.41 Å². The van der Waals surface area contributed by atoms with Gasteiger partial charge >= 0.3 is 6.18 Å². The fourth-order valence-corrected chi connectivity index (χ4v) is 2.53. The maximum absolute atomic E-state index is 12.7. The number of alkyl halides is 3. The zero-order valence-electron chi connectivity index (χ0n) is 11.3. The molecule has 1 aromatic rings. The average Bonchev–Trinajstić information content (AvgIpc) is 2.32. The molecule has 2 atom stereocenters. The van der Waals surface area contributed by atoms with Crippen LogP contribution in [0, 0.1) is 5.41 Å². The van der Waals surface area contributed by atoms with Gasteiger partial charge in [-0.3, -0.25) is 0 Å². The van der Waals surface area contributed by atoms with Crippen LogP contribution in [0.25, 0.3) is 0 Å². The highest BCUT2D eigenvalue weighted by Gasteiger charge is 2.48. The fraction of sp³-hybridized carbons (Fsp3) is 0.667. The Hall–Kier alpha value is -1.08. The van der Waals surface area contributed by atoms with Crippen molar-refractivity contribution >= 4 is 17.4 Å². The van der Waals surface area contributed by atoms with Crippen LogP contribution < -0.4 is 5.32 Å². The molecule has 0 spiro atoms. The Kier molecular flexibility index (Phi) is 3.85. The molecule has 8 heteroatoms. The number of aromatic nitrogens is 2. The number of ether oxygens (including phenoxy) is 1. The van der Waals surface area contributed by atoms with Gasteiger partial charge in [-0.2, -0.15) is 13.2 Å². The lowest BCUT2D eigenvalue weighted by atomic mass is 9.64. The first-order chi connectivity index (χ1) is 9.14. The molecular weight excluding hydrogens is 295 g/mol. The molecule has 0 aliphatic heterocycles. The fourth-order valence-electron chi connectivity index (χ4n) is 2.35. The van der Waals surface area contributed by atoms with Crippen LogP contribution in [0.2, 0.25) is 5.28 Å². The van der Waals surface area contributed by atoms with Gasteiger partial charge < -0.3 is 10.1 Å². The van der Waals surface area contributed by atoms with E-state index in [4.69, 9.17) is 16.3 Å². The topological polar surface area (TPSA) is 47.0 Å².